The van der Waals surface area contributed by atoms with E-state index in [4.69, 9.17) is 0 Å². The van der Waals surface area contributed by atoms with Crippen molar-refractivity contribution in [1.82, 2.24) is 15.1 Å². The van der Waals surface area contributed by atoms with Gasteiger partial charge in [-0.15, -0.1) is 0 Å². The molecule has 0 amide bonds. The molecule has 0 spiro atoms. The molecule has 0 radical (unpaired) electrons. The Morgan fingerprint density at radius 1 is 1.33 bits per heavy atom. The molecule has 1 N–H and O–H groups in total. The minimum Gasteiger partial charge on any atom is -0.317 e. The van der Waals surface area contributed by atoms with E-state index in [2.05, 4.69) is 21.3 Å². The third kappa shape index (κ3) is 1.67. The van der Waals surface area contributed by atoms with Gasteiger partial charge >= 0.3 is 0 Å². The Bertz CT molecular complexity index is 210. The van der Waals surface area contributed by atoms with Crippen LogP contribution in [0.5, 0.6) is 0 Å². The molecule has 1 aromatic rings. The largest absolute Gasteiger partial charge is 0.317 e. The molecule has 0 bridgehead atoms. The van der Waals surface area contributed by atoms with Crippen LogP contribution >= 0.6 is 0 Å². The Hall–Kier alpha value is -0.830. The Morgan fingerprint density at radius 2 is 2.33 bits per heavy atom. The normalized spacial score (nSPS) is 25.2. The molecule has 1 aliphatic rings. The first-order valence-electron chi connectivity index (χ1n) is 4.66. The van der Waals surface area contributed by atoms with Crippen molar-refractivity contribution in [3.05, 3.63) is 18.5 Å². The third-order valence-electron chi connectivity index (χ3n) is 2.44. The average Bonchev–Trinajstić information content (AvgIpc) is 2.48. The highest BCUT2D eigenvalue weighted by Crippen LogP contribution is 2.17. The average molecular weight is 165 g/mol. The molecular formula is C9H15N3. The summed E-state index contributed by atoms with van der Waals surface area (Å²) in [6, 6.07) is 2.62. The van der Waals surface area contributed by atoms with Crippen molar-refractivity contribution in [2.24, 2.45) is 0 Å². The predicted molar refractivity (Wildman–Crippen MR) is 48.0 cm³/mol. The van der Waals surface area contributed by atoms with Gasteiger partial charge in [-0.3, -0.25) is 4.68 Å². The van der Waals surface area contributed by atoms with Gasteiger partial charge < -0.3 is 5.32 Å². The highest BCUT2D eigenvalue weighted by Gasteiger charge is 2.12. The summed E-state index contributed by atoms with van der Waals surface area (Å²) in [5.74, 6) is 0. The maximum atomic E-state index is 4.27. The molecule has 0 saturated carbocycles. The molecule has 66 valence electrons. The van der Waals surface area contributed by atoms with Crippen molar-refractivity contribution in [3.8, 4) is 0 Å². The lowest BCUT2D eigenvalue weighted by atomic mass is 10.1. The Labute approximate surface area is 72.8 Å². The molecule has 0 aromatic carbocycles. The van der Waals surface area contributed by atoms with E-state index < -0.39 is 0 Å². The quantitative estimate of drug-likeness (QED) is 0.677. The Morgan fingerprint density at radius 3 is 3.17 bits per heavy atom. The highest BCUT2D eigenvalue weighted by molar-refractivity contribution is 4.82. The van der Waals surface area contributed by atoms with Gasteiger partial charge in [0.05, 0.1) is 6.04 Å². The van der Waals surface area contributed by atoms with Crippen LogP contribution in [0.3, 0.4) is 0 Å². The molecule has 3 nitrogen and oxygen atoms in total. The van der Waals surface area contributed by atoms with E-state index in [-0.39, 0.29) is 0 Å². The standard InChI is InChI=1S/C9H15N3/c1-3-9(4-7-10-5-1)12-8-2-6-11-12/h2,6,8-10H,1,3-5,7H2. The second kappa shape index (κ2) is 3.72. The molecule has 1 aliphatic heterocycles. The number of hydrogen-bond donors (Lipinski definition) is 1. The van der Waals surface area contributed by atoms with Crippen LogP contribution in [0.25, 0.3) is 0 Å². The lowest BCUT2D eigenvalue weighted by Gasteiger charge is -2.13. The third-order valence-corrected chi connectivity index (χ3v) is 2.44. The summed E-state index contributed by atoms with van der Waals surface area (Å²) in [4.78, 5) is 0. The van der Waals surface area contributed by atoms with Crippen LogP contribution in [-0.2, 0) is 0 Å². The van der Waals surface area contributed by atoms with E-state index in [1.807, 2.05) is 12.3 Å². The van der Waals surface area contributed by atoms with Gasteiger partial charge in [0.1, 0.15) is 0 Å². The van der Waals surface area contributed by atoms with Crippen molar-refractivity contribution in [1.29, 1.82) is 0 Å². The summed E-state index contributed by atoms with van der Waals surface area (Å²) < 4.78 is 2.09. The zero-order valence-corrected chi connectivity index (χ0v) is 7.24. The number of nitrogens with zero attached hydrogens (tertiary/aromatic N) is 2. The van der Waals surface area contributed by atoms with Gasteiger partial charge in [-0.05, 0) is 38.4 Å². The van der Waals surface area contributed by atoms with Gasteiger partial charge in [0.2, 0.25) is 0 Å². The van der Waals surface area contributed by atoms with E-state index in [1.54, 1.807) is 0 Å². The van der Waals surface area contributed by atoms with Crippen LogP contribution in [0.2, 0.25) is 0 Å². The summed E-state index contributed by atoms with van der Waals surface area (Å²) >= 11 is 0. The summed E-state index contributed by atoms with van der Waals surface area (Å²) in [5.41, 5.74) is 0. The Kier molecular flexibility index (Phi) is 2.42. The van der Waals surface area contributed by atoms with Crippen molar-refractivity contribution >= 4 is 0 Å². The van der Waals surface area contributed by atoms with Crippen LogP contribution in [0.15, 0.2) is 18.5 Å². The van der Waals surface area contributed by atoms with E-state index in [1.165, 1.54) is 19.3 Å². The SMILES string of the molecule is c1cnn(C2CCCNCC2)c1. The monoisotopic (exact) mass is 165 g/mol. The summed E-state index contributed by atoms with van der Waals surface area (Å²) in [5, 5.41) is 7.67. The second-order valence-electron chi connectivity index (χ2n) is 3.32. The number of nitrogens with one attached hydrogen (secondary N) is 1. The fourth-order valence-electron chi connectivity index (χ4n) is 1.76. The van der Waals surface area contributed by atoms with Crippen LogP contribution in [0, 0.1) is 0 Å². The molecule has 1 unspecified atom stereocenters. The van der Waals surface area contributed by atoms with Gasteiger partial charge in [-0.2, -0.15) is 5.10 Å². The van der Waals surface area contributed by atoms with Gasteiger partial charge in [0.25, 0.3) is 0 Å². The van der Waals surface area contributed by atoms with E-state index in [0.29, 0.717) is 6.04 Å². The van der Waals surface area contributed by atoms with Crippen molar-refractivity contribution in [2.45, 2.75) is 25.3 Å². The summed E-state index contributed by atoms with van der Waals surface area (Å²) in [6.07, 6.45) is 7.66. The fraction of sp³-hybridized carbons (Fsp3) is 0.667. The molecule has 12 heavy (non-hydrogen) atoms. The summed E-state index contributed by atoms with van der Waals surface area (Å²) in [7, 11) is 0. The maximum absolute atomic E-state index is 4.27. The molecule has 1 fully saturated rings. The van der Waals surface area contributed by atoms with Gasteiger partial charge in [0, 0.05) is 12.4 Å². The van der Waals surface area contributed by atoms with Gasteiger partial charge in [0.15, 0.2) is 0 Å². The van der Waals surface area contributed by atoms with Crippen molar-refractivity contribution < 1.29 is 0 Å². The van der Waals surface area contributed by atoms with Crippen LogP contribution in [0.4, 0.5) is 0 Å². The molecule has 1 aromatic heterocycles. The van der Waals surface area contributed by atoms with Gasteiger partial charge in [-0.1, -0.05) is 0 Å². The minimum atomic E-state index is 0.620. The smallest absolute Gasteiger partial charge is 0.0531 e. The topological polar surface area (TPSA) is 29.9 Å². The molecule has 2 rings (SSSR count). The van der Waals surface area contributed by atoms with Crippen molar-refractivity contribution in [2.75, 3.05) is 13.1 Å². The lowest BCUT2D eigenvalue weighted by Crippen LogP contribution is -2.15. The van der Waals surface area contributed by atoms with E-state index >= 15 is 0 Å². The van der Waals surface area contributed by atoms with Crippen molar-refractivity contribution in [3.63, 3.8) is 0 Å². The first-order chi connectivity index (χ1) is 5.97. The van der Waals surface area contributed by atoms with Gasteiger partial charge in [-0.25, -0.2) is 0 Å². The zero-order chi connectivity index (χ0) is 8.23. The van der Waals surface area contributed by atoms with Crippen LogP contribution in [0.1, 0.15) is 25.3 Å². The second-order valence-corrected chi connectivity index (χ2v) is 3.32. The summed E-state index contributed by atoms with van der Waals surface area (Å²) in [6.45, 7) is 2.29. The number of hydrogen-bond acceptors (Lipinski definition) is 2. The molecule has 2 heterocycles. The number of aromatic nitrogens is 2. The molecule has 3 heteroatoms. The van der Waals surface area contributed by atoms with E-state index in [9.17, 15) is 0 Å². The van der Waals surface area contributed by atoms with Crippen LogP contribution < -0.4 is 5.32 Å². The molecule has 1 atom stereocenters. The molecule has 1 saturated heterocycles. The lowest BCUT2D eigenvalue weighted by molar-refractivity contribution is 0.414. The first kappa shape index (κ1) is 7.80. The maximum Gasteiger partial charge on any atom is 0.0531 e. The van der Waals surface area contributed by atoms with E-state index in [0.717, 1.165) is 13.1 Å². The minimum absolute atomic E-state index is 0.620. The fourth-order valence-corrected chi connectivity index (χ4v) is 1.76. The Balaban J connectivity index is 2.02. The predicted octanol–water partition coefficient (Wildman–Crippen LogP) is 1.20. The molecule has 0 aliphatic carbocycles. The zero-order valence-electron chi connectivity index (χ0n) is 7.24. The number of rotatable bonds is 1. The van der Waals surface area contributed by atoms with Crippen LogP contribution in [-0.4, -0.2) is 22.9 Å². The first-order valence-corrected chi connectivity index (χ1v) is 4.66. The highest BCUT2D eigenvalue weighted by atomic mass is 15.3. The molecular weight excluding hydrogens is 150 g/mol.